The summed E-state index contributed by atoms with van der Waals surface area (Å²) in [7, 11) is 0. The van der Waals surface area contributed by atoms with E-state index in [-0.39, 0.29) is 5.41 Å². The molecule has 0 aromatic rings. The smallest absolute Gasteiger partial charge is 0.129 e. The lowest BCUT2D eigenvalue weighted by Crippen LogP contribution is -2.30. The Morgan fingerprint density at radius 3 is 1.54 bits per heavy atom. The fourth-order valence-electron chi connectivity index (χ4n) is 2.23. The molecule has 0 aromatic carbocycles. The molecular formula is C12H23F. The van der Waals surface area contributed by atoms with Gasteiger partial charge >= 0.3 is 0 Å². The van der Waals surface area contributed by atoms with Crippen molar-refractivity contribution in [3.63, 3.8) is 0 Å². The van der Waals surface area contributed by atoms with Gasteiger partial charge in [0.1, 0.15) is 5.67 Å². The average molecular weight is 186 g/mol. The number of halogens is 1. The minimum absolute atomic E-state index is 0.0711. The highest BCUT2D eigenvalue weighted by Gasteiger charge is 2.34. The molecule has 0 amide bonds. The average Bonchev–Trinajstić information content (AvgIpc) is 1.82. The maximum absolute atomic E-state index is 14.2. The summed E-state index contributed by atoms with van der Waals surface area (Å²) < 4.78 is 14.2. The maximum Gasteiger partial charge on any atom is 0.129 e. The van der Waals surface area contributed by atoms with E-state index < -0.39 is 5.67 Å². The van der Waals surface area contributed by atoms with E-state index >= 15 is 0 Å². The van der Waals surface area contributed by atoms with E-state index in [1.165, 1.54) is 0 Å². The third-order valence-corrected chi connectivity index (χ3v) is 2.44. The van der Waals surface area contributed by atoms with Gasteiger partial charge < -0.3 is 0 Å². The lowest BCUT2D eigenvalue weighted by Gasteiger charge is -2.34. The minimum Gasteiger partial charge on any atom is -0.239 e. The van der Waals surface area contributed by atoms with Crippen LogP contribution in [-0.4, -0.2) is 5.67 Å². The van der Waals surface area contributed by atoms with E-state index in [0.29, 0.717) is 6.42 Å². The predicted octanol–water partition coefficient (Wildman–Crippen LogP) is 4.51. The second-order valence-electron chi connectivity index (χ2n) is 5.18. The minimum atomic E-state index is -1.16. The van der Waals surface area contributed by atoms with Crippen LogP contribution in [0.25, 0.3) is 0 Å². The molecule has 0 aliphatic heterocycles. The van der Waals surface area contributed by atoms with Gasteiger partial charge in [0, 0.05) is 0 Å². The Bertz CT molecular complexity index is 200. The molecule has 0 spiro atoms. The van der Waals surface area contributed by atoms with Crippen LogP contribution in [0.15, 0.2) is 11.1 Å². The van der Waals surface area contributed by atoms with Crippen molar-refractivity contribution >= 4 is 0 Å². The van der Waals surface area contributed by atoms with Crippen LogP contribution in [0.3, 0.4) is 0 Å². The van der Waals surface area contributed by atoms with Gasteiger partial charge in [0.25, 0.3) is 0 Å². The molecule has 0 aliphatic rings. The fraction of sp³-hybridized carbons (Fsp3) is 0.833. The van der Waals surface area contributed by atoms with Crippen LogP contribution >= 0.6 is 0 Å². The molecule has 0 bridgehead atoms. The first kappa shape index (κ1) is 12.7. The van der Waals surface area contributed by atoms with Gasteiger partial charge in [-0.1, -0.05) is 33.3 Å². The van der Waals surface area contributed by atoms with Gasteiger partial charge in [-0.25, -0.2) is 4.39 Å². The van der Waals surface area contributed by atoms with Gasteiger partial charge in [-0.05, 0) is 38.2 Å². The molecule has 0 rings (SSSR count). The van der Waals surface area contributed by atoms with Crippen LogP contribution < -0.4 is 0 Å². The van der Waals surface area contributed by atoms with E-state index in [4.69, 9.17) is 0 Å². The Labute approximate surface area is 82.2 Å². The normalized spacial score (nSPS) is 16.6. The van der Waals surface area contributed by atoms with Crippen molar-refractivity contribution in [1.29, 1.82) is 0 Å². The summed E-state index contributed by atoms with van der Waals surface area (Å²) in [6.07, 6.45) is 0.546. The summed E-state index contributed by atoms with van der Waals surface area (Å²) in [5, 5.41) is 0. The van der Waals surface area contributed by atoms with Crippen molar-refractivity contribution < 1.29 is 4.39 Å². The third kappa shape index (κ3) is 3.13. The predicted molar refractivity (Wildman–Crippen MR) is 57.6 cm³/mol. The molecule has 0 fully saturated rings. The molecule has 0 aromatic heterocycles. The van der Waals surface area contributed by atoms with E-state index in [0.717, 1.165) is 11.1 Å². The van der Waals surface area contributed by atoms with Crippen LogP contribution in [0.5, 0.6) is 0 Å². The van der Waals surface area contributed by atoms with Gasteiger partial charge in [0.2, 0.25) is 0 Å². The van der Waals surface area contributed by atoms with E-state index in [2.05, 4.69) is 20.8 Å². The summed E-state index contributed by atoms with van der Waals surface area (Å²) in [6, 6.07) is 0. The summed E-state index contributed by atoms with van der Waals surface area (Å²) >= 11 is 0. The first-order chi connectivity index (χ1) is 5.63. The molecule has 13 heavy (non-hydrogen) atoms. The standard InChI is InChI=1S/C12H23F/c1-8-12(7,13)10(9(2)3)11(4,5)6/h8H2,1-7H3. The highest BCUT2D eigenvalue weighted by atomic mass is 19.1. The molecule has 0 aliphatic carbocycles. The highest BCUT2D eigenvalue weighted by Crippen LogP contribution is 2.40. The van der Waals surface area contributed by atoms with E-state index in [9.17, 15) is 4.39 Å². The summed E-state index contributed by atoms with van der Waals surface area (Å²) in [5.41, 5.74) is 0.831. The third-order valence-electron chi connectivity index (χ3n) is 2.44. The van der Waals surface area contributed by atoms with Crippen molar-refractivity contribution in [2.24, 2.45) is 5.41 Å². The van der Waals surface area contributed by atoms with Crippen LogP contribution in [0, 0.1) is 5.41 Å². The maximum atomic E-state index is 14.2. The molecule has 0 radical (unpaired) electrons. The van der Waals surface area contributed by atoms with Crippen LogP contribution in [0.2, 0.25) is 0 Å². The molecule has 1 heteroatoms. The molecule has 0 saturated heterocycles. The van der Waals surface area contributed by atoms with Crippen molar-refractivity contribution in [2.75, 3.05) is 0 Å². The van der Waals surface area contributed by atoms with Crippen molar-refractivity contribution in [3.8, 4) is 0 Å². The molecule has 0 N–H and O–H groups in total. The topological polar surface area (TPSA) is 0 Å². The zero-order chi connectivity index (χ0) is 10.9. The molecule has 0 heterocycles. The second-order valence-corrected chi connectivity index (χ2v) is 5.18. The highest BCUT2D eigenvalue weighted by molar-refractivity contribution is 5.26. The molecule has 1 unspecified atom stereocenters. The van der Waals surface area contributed by atoms with Crippen LogP contribution in [0.4, 0.5) is 4.39 Å². The number of alkyl halides is 1. The zero-order valence-electron chi connectivity index (χ0n) is 10.1. The number of hydrogen-bond acceptors (Lipinski definition) is 0. The van der Waals surface area contributed by atoms with Gasteiger partial charge in [-0.15, -0.1) is 0 Å². The quantitative estimate of drug-likeness (QED) is 0.557. The second kappa shape index (κ2) is 3.81. The van der Waals surface area contributed by atoms with E-state index in [1.54, 1.807) is 6.92 Å². The number of rotatable bonds is 2. The van der Waals surface area contributed by atoms with Gasteiger partial charge in [-0.3, -0.25) is 0 Å². The summed E-state index contributed by atoms with van der Waals surface area (Å²) in [6.45, 7) is 13.8. The van der Waals surface area contributed by atoms with Crippen molar-refractivity contribution in [2.45, 2.75) is 60.6 Å². The number of allylic oxidation sites excluding steroid dienone is 2. The van der Waals surface area contributed by atoms with Gasteiger partial charge in [0.15, 0.2) is 0 Å². The fourth-order valence-corrected chi connectivity index (χ4v) is 2.23. The van der Waals surface area contributed by atoms with Crippen molar-refractivity contribution in [1.82, 2.24) is 0 Å². The van der Waals surface area contributed by atoms with Gasteiger partial charge in [0.05, 0.1) is 0 Å². The molecule has 0 saturated carbocycles. The Balaban J connectivity index is 5.22. The summed E-state index contributed by atoms with van der Waals surface area (Å²) in [4.78, 5) is 0. The van der Waals surface area contributed by atoms with Gasteiger partial charge in [-0.2, -0.15) is 0 Å². The SMILES string of the molecule is CCC(C)(F)C(=C(C)C)C(C)(C)C. The van der Waals surface area contributed by atoms with Crippen LogP contribution in [0.1, 0.15) is 54.9 Å². The largest absolute Gasteiger partial charge is 0.239 e. The van der Waals surface area contributed by atoms with Crippen molar-refractivity contribution in [3.05, 3.63) is 11.1 Å². The Morgan fingerprint density at radius 2 is 1.46 bits per heavy atom. The summed E-state index contributed by atoms with van der Waals surface area (Å²) in [5.74, 6) is 0. The first-order valence-corrected chi connectivity index (χ1v) is 5.00. The first-order valence-electron chi connectivity index (χ1n) is 5.00. The van der Waals surface area contributed by atoms with Crippen LogP contribution in [-0.2, 0) is 0 Å². The lowest BCUT2D eigenvalue weighted by atomic mass is 9.74. The Morgan fingerprint density at radius 1 is 1.08 bits per heavy atom. The molecular weight excluding hydrogens is 163 g/mol. The van der Waals surface area contributed by atoms with E-state index in [1.807, 2.05) is 20.8 Å². The number of hydrogen-bond donors (Lipinski definition) is 0. The monoisotopic (exact) mass is 186 g/mol. The molecule has 1 atom stereocenters. The molecule has 78 valence electrons. The Hall–Kier alpha value is -0.330. The Kier molecular flexibility index (Phi) is 3.71. The molecule has 0 nitrogen and oxygen atoms in total. The zero-order valence-corrected chi connectivity index (χ0v) is 10.1. The lowest BCUT2D eigenvalue weighted by molar-refractivity contribution is 0.192.